The average Bonchev–Trinajstić information content (AvgIpc) is 2.51. The summed E-state index contributed by atoms with van der Waals surface area (Å²) < 4.78 is 10.1. The molecule has 1 aromatic carbocycles. The molecule has 0 spiro atoms. The summed E-state index contributed by atoms with van der Waals surface area (Å²) in [6, 6.07) is 8.75. The SMILES string of the molecule is CCCOC(=O)N[C@@H](Cc1ccccc1)C(=O)OCCC. The first kappa shape index (κ1) is 17.0. The van der Waals surface area contributed by atoms with Crippen LogP contribution in [0, 0.1) is 0 Å². The molecule has 0 radical (unpaired) electrons. The van der Waals surface area contributed by atoms with E-state index in [-0.39, 0.29) is 0 Å². The molecule has 0 saturated carbocycles. The minimum atomic E-state index is -0.733. The number of hydrogen-bond donors (Lipinski definition) is 1. The highest BCUT2D eigenvalue weighted by atomic mass is 16.6. The van der Waals surface area contributed by atoms with Crippen LogP contribution < -0.4 is 5.32 Å². The number of ether oxygens (including phenoxy) is 2. The lowest BCUT2D eigenvalue weighted by Gasteiger charge is -2.17. The number of carbonyl (C=O) groups is 2. The number of alkyl carbamates (subject to hydrolysis) is 1. The van der Waals surface area contributed by atoms with E-state index in [0.717, 1.165) is 18.4 Å². The van der Waals surface area contributed by atoms with Crippen LogP contribution in [0.1, 0.15) is 32.3 Å². The lowest BCUT2D eigenvalue weighted by Crippen LogP contribution is -2.43. The third kappa shape index (κ3) is 6.79. The first-order valence-corrected chi connectivity index (χ1v) is 7.31. The quantitative estimate of drug-likeness (QED) is 0.748. The zero-order valence-corrected chi connectivity index (χ0v) is 12.6. The summed E-state index contributed by atoms with van der Waals surface area (Å²) in [7, 11) is 0. The second-order valence-corrected chi connectivity index (χ2v) is 4.69. The molecule has 5 nitrogen and oxygen atoms in total. The van der Waals surface area contributed by atoms with Crippen molar-refractivity contribution in [2.24, 2.45) is 0 Å². The van der Waals surface area contributed by atoms with Gasteiger partial charge in [-0.2, -0.15) is 0 Å². The number of amides is 1. The van der Waals surface area contributed by atoms with Gasteiger partial charge in [-0.25, -0.2) is 9.59 Å². The molecule has 0 aliphatic rings. The Hall–Kier alpha value is -2.04. The molecule has 0 fully saturated rings. The van der Waals surface area contributed by atoms with Gasteiger partial charge in [-0.15, -0.1) is 0 Å². The van der Waals surface area contributed by atoms with Gasteiger partial charge in [0.15, 0.2) is 0 Å². The Kier molecular flexibility index (Phi) is 7.94. The third-order valence-electron chi connectivity index (χ3n) is 2.74. The summed E-state index contributed by atoms with van der Waals surface area (Å²) in [6.07, 6.45) is 1.26. The number of hydrogen-bond acceptors (Lipinski definition) is 4. The predicted molar refractivity (Wildman–Crippen MR) is 80.0 cm³/mol. The summed E-state index contributed by atoms with van der Waals surface area (Å²) in [6.45, 7) is 4.50. The molecule has 116 valence electrons. The van der Waals surface area contributed by atoms with Crippen molar-refractivity contribution in [2.45, 2.75) is 39.2 Å². The number of nitrogens with one attached hydrogen (secondary N) is 1. The normalized spacial score (nSPS) is 11.5. The summed E-state index contributed by atoms with van der Waals surface area (Å²) >= 11 is 0. The van der Waals surface area contributed by atoms with Crippen molar-refractivity contribution in [3.63, 3.8) is 0 Å². The minimum Gasteiger partial charge on any atom is -0.464 e. The second kappa shape index (κ2) is 9.80. The van der Waals surface area contributed by atoms with Crippen LogP contribution in [0.2, 0.25) is 0 Å². The summed E-state index contributed by atoms with van der Waals surface area (Å²) in [5.74, 6) is -0.436. The first-order chi connectivity index (χ1) is 10.2. The number of benzene rings is 1. The minimum absolute atomic E-state index is 0.327. The fraction of sp³-hybridized carbons (Fsp3) is 0.500. The highest BCUT2D eigenvalue weighted by molar-refractivity contribution is 5.81. The fourth-order valence-electron chi connectivity index (χ4n) is 1.73. The van der Waals surface area contributed by atoms with Crippen LogP contribution in [0.4, 0.5) is 4.79 Å². The predicted octanol–water partition coefficient (Wildman–Crippen LogP) is 2.69. The van der Waals surface area contributed by atoms with Gasteiger partial charge in [0.05, 0.1) is 13.2 Å². The van der Waals surface area contributed by atoms with Crippen LogP contribution in [0.25, 0.3) is 0 Å². The summed E-state index contributed by atoms with van der Waals surface area (Å²) in [5.41, 5.74) is 0.951. The Morgan fingerprint density at radius 2 is 1.67 bits per heavy atom. The van der Waals surface area contributed by atoms with Gasteiger partial charge < -0.3 is 14.8 Å². The molecule has 0 aliphatic heterocycles. The van der Waals surface area contributed by atoms with Gasteiger partial charge in [0.1, 0.15) is 6.04 Å². The lowest BCUT2D eigenvalue weighted by molar-refractivity contribution is -0.146. The Bertz CT molecular complexity index is 433. The highest BCUT2D eigenvalue weighted by Gasteiger charge is 2.23. The maximum absolute atomic E-state index is 12.0. The van der Waals surface area contributed by atoms with E-state index in [2.05, 4.69) is 5.32 Å². The maximum atomic E-state index is 12.0. The Morgan fingerprint density at radius 1 is 1.05 bits per heavy atom. The van der Waals surface area contributed by atoms with Crippen molar-refractivity contribution in [1.29, 1.82) is 0 Å². The van der Waals surface area contributed by atoms with Crippen LogP contribution in [-0.4, -0.2) is 31.3 Å². The Labute approximate surface area is 125 Å². The number of esters is 1. The average molecular weight is 293 g/mol. The smallest absolute Gasteiger partial charge is 0.407 e. The van der Waals surface area contributed by atoms with Crippen LogP contribution in [0.3, 0.4) is 0 Å². The maximum Gasteiger partial charge on any atom is 0.407 e. The van der Waals surface area contributed by atoms with Gasteiger partial charge in [-0.3, -0.25) is 0 Å². The van der Waals surface area contributed by atoms with Gasteiger partial charge >= 0.3 is 12.1 Å². The zero-order valence-electron chi connectivity index (χ0n) is 12.6. The molecule has 1 atom stereocenters. The number of carbonyl (C=O) groups excluding carboxylic acids is 2. The van der Waals surface area contributed by atoms with E-state index in [1.165, 1.54) is 0 Å². The van der Waals surface area contributed by atoms with Crippen LogP contribution in [0.15, 0.2) is 30.3 Å². The Morgan fingerprint density at radius 3 is 2.29 bits per heavy atom. The monoisotopic (exact) mass is 293 g/mol. The molecule has 21 heavy (non-hydrogen) atoms. The first-order valence-electron chi connectivity index (χ1n) is 7.31. The van der Waals surface area contributed by atoms with Crippen LogP contribution in [-0.2, 0) is 20.7 Å². The molecule has 1 amide bonds. The molecule has 1 rings (SSSR count). The van der Waals surface area contributed by atoms with Gasteiger partial charge in [-0.05, 0) is 18.4 Å². The van der Waals surface area contributed by atoms with Crippen LogP contribution >= 0.6 is 0 Å². The Balaban J connectivity index is 2.65. The van der Waals surface area contributed by atoms with E-state index in [1.54, 1.807) is 0 Å². The van der Waals surface area contributed by atoms with Crippen molar-refractivity contribution in [2.75, 3.05) is 13.2 Å². The molecular weight excluding hydrogens is 270 g/mol. The van der Waals surface area contributed by atoms with Crippen molar-refractivity contribution in [3.05, 3.63) is 35.9 Å². The van der Waals surface area contributed by atoms with Gasteiger partial charge in [0, 0.05) is 6.42 Å². The topological polar surface area (TPSA) is 64.6 Å². The van der Waals surface area contributed by atoms with E-state index < -0.39 is 18.1 Å². The van der Waals surface area contributed by atoms with Crippen molar-refractivity contribution < 1.29 is 19.1 Å². The van der Waals surface area contributed by atoms with E-state index in [1.807, 2.05) is 44.2 Å². The molecular formula is C16H23NO4. The van der Waals surface area contributed by atoms with E-state index >= 15 is 0 Å². The molecule has 0 bridgehead atoms. The van der Waals surface area contributed by atoms with E-state index in [0.29, 0.717) is 19.6 Å². The summed E-state index contributed by atoms with van der Waals surface area (Å²) in [5, 5.41) is 2.57. The molecule has 0 aromatic heterocycles. The van der Waals surface area contributed by atoms with Gasteiger partial charge in [-0.1, -0.05) is 44.2 Å². The largest absolute Gasteiger partial charge is 0.464 e. The zero-order chi connectivity index (χ0) is 15.5. The van der Waals surface area contributed by atoms with Gasteiger partial charge in [0.25, 0.3) is 0 Å². The van der Waals surface area contributed by atoms with Crippen LogP contribution in [0.5, 0.6) is 0 Å². The van der Waals surface area contributed by atoms with Crippen molar-refractivity contribution in [3.8, 4) is 0 Å². The van der Waals surface area contributed by atoms with E-state index in [4.69, 9.17) is 9.47 Å². The molecule has 0 heterocycles. The molecule has 0 aliphatic carbocycles. The molecule has 1 aromatic rings. The fourth-order valence-corrected chi connectivity index (χ4v) is 1.73. The third-order valence-corrected chi connectivity index (χ3v) is 2.74. The summed E-state index contributed by atoms with van der Waals surface area (Å²) in [4.78, 5) is 23.7. The number of rotatable bonds is 8. The highest BCUT2D eigenvalue weighted by Crippen LogP contribution is 2.05. The van der Waals surface area contributed by atoms with E-state index in [9.17, 15) is 9.59 Å². The van der Waals surface area contributed by atoms with Crippen molar-refractivity contribution >= 4 is 12.1 Å². The standard InChI is InChI=1S/C16H23NO4/c1-3-10-20-15(18)14(17-16(19)21-11-4-2)12-13-8-6-5-7-9-13/h5-9,14H,3-4,10-12H2,1-2H3,(H,17,19)/t14-/m0/s1. The lowest BCUT2D eigenvalue weighted by atomic mass is 10.1. The van der Waals surface area contributed by atoms with Gasteiger partial charge in [0.2, 0.25) is 0 Å². The molecule has 0 unspecified atom stereocenters. The molecule has 1 N–H and O–H groups in total. The molecule has 5 heteroatoms. The second-order valence-electron chi connectivity index (χ2n) is 4.69. The molecule has 0 saturated heterocycles. The van der Waals surface area contributed by atoms with Crippen molar-refractivity contribution in [1.82, 2.24) is 5.32 Å².